The second-order valence-corrected chi connectivity index (χ2v) is 7.51. The molecule has 1 aliphatic heterocycles. The maximum atomic E-state index is 12.8. The van der Waals surface area contributed by atoms with Crippen LogP contribution >= 0.6 is 0 Å². The van der Waals surface area contributed by atoms with Gasteiger partial charge in [-0.25, -0.2) is 5.48 Å². The Balaban J connectivity index is 1.46. The van der Waals surface area contributed by atoms with Crippen LogP contribution < -0.4 is 10.2 Å². The first-order valence-corrected chi connectivity index (χ1v) is 9.50. The molecule has 1 saturated carbocycles. The third kappa shape index (κ3) is 4.36. The second-order valence-electron chi connectivity index (χ2n) is 7.51. The van der Waals surface area contributed by atoms with Crippen molar-refractivity contribution < 1.29 is 19.5 Å². The molecule has 2 atom stereocenters. The molecule has 2 unspecified atom stereocenters. The summed E-state index contributed by atoms with van der Waals surface area (Å²) in [7, 11) is 0. The molecule has 1 heterocycles. The van der Waals surface area contributed by atoms with Gasteiger partial charge in [0.1, 0.15) is 5.75 Å². The first kappa shape index (κ1) is 18.7. The van der Waals surface area contributed by atoms with Gasteiger partial charge in [0.2, 0.25) is 11.8 Å². The van der Waals surface area contributed by atoms with Gasteiger partial charge < -0.3 is 9.64 Å². The fourth-order valence-electron chi connectivity index (χ4n) is 4.06. The van der Waals surface area contributed by atoms with Gasteiger partial charge in [0.15, 0.2) is 0 Å². The van der Waals surface area contributed by atoms with Crippen molar-refractivity contribution in [3.63, 3.8) is 0 Å². The van der Waals surface area contributed by atoms with Crippen LogP contribution in [0.5, 0.6) is 5.75 Å². The molecular weight excluding hydrogens is 332 g/mol. The molecular formula is C20H28N2O4. The molecule has 6 heteroatoms. The van der Waals surface area contributed by atoms with Crippen LogP contribution in [0.1, 0.15) is 37.7 Å². The Kier molecular flexibility index (Phi) is 6.14. The Morgan fingerprint density at radius 3 is 2.42 bits per heavy atom. The largest absolute Gasteiger partial charge is 0.493 e. The van der Waals surface area contributed by atoms with Gasteiger partial charge in [-0.3, -0.25) is 14.8 Å². The molecule has 142 valence electrons. The topological polar surface area (TPSA) is 78.9 Å². The fourth-order valence-corrected chi connectivity index (χ4v) is 4.06. The van der Waals surface area contributed by atoms with Crippen molar-refractivity contribution in [2.75, 3.05) is 19.7 Å². The van der Waals surface area contributed by atoms with E-state index in [0.29, 0.717) is 32.0 Å². The first-order valence-electron chi connectivity index (χ1n) is 9.50. The summed E-state index contributed by atoms with van der Waals surface area (Å²) < 4.78 is 5.87. The van der Waals surface area contributed by atoms with E-state index in [0.717, 1.165) is 31.4 Å². The lowest BCUT2D eigenvalue weighted by Gasteiger charge is -2.34. The predicted octanol–water partition coefficient (Wildman–Crippen LogP) is 2.53. The molecule has 3 rings (SSSR count). The number of hydroxylamine groups is 1. The average Bonchev–Trinajstić information content (AvgIpc) is 3.16. The number of rotatable bonds is 5. The number of benzene rings is 1. The SMILES string of the molecule is Cc1ccc(OCC2CCN(C(=O)C3CCCC3C(=O)NO)CC2)cc1. The van der Waals surface area contributed by atoms with E-state index < -0.39 is 11.8 Å². The van der Waals surface area contributed by atoms with Crippen LogP contribution in [0.4, 0.5) is 0 Å². The zero-order valence-corrected chi connectivity index (χ0v) is 15.3. The van der Waals surface area contributed by atoms with Crippen LogP contribution in [0.2, 0.25) is 0 Å². The lowest BCUT2D eigenvalue weighted by atomic mass is 9.91. The van der Waals surface area contributed by atoms with Gasteiger partial charge in [0.05, 0.1) is 12.5 Å². The molecule has 26 heavy (non-hydrogen) atoms. The summed E-state index contributed by atoms with van der Waals surface area (Å²) in [4.78, 5) is 26.4. The number of piperidine rings is 1. The van der Waals surface area contributed by atoms with Crippen molar-refractivity contribution >= 4 is 11.8 Å². The minimum atomic E-state index is -0.428. The average molecular weight is 360 g/mol. The number of aryl methyl sites for hydroxylation is 1. The highest BCUT2D eigenvalue weighted by Crippen LogP contribution is 2.34. The quantitative estimate of drug-likeness (QED) is 0.625. The molecule has 2 fully saturated rings. The lowest BCUT2D eigenvalue weighted by molar-refractivity contribution is -0.144. The molecule has 0 aromatic heterocycles. The van der Waals surface area contributed by atoms with E-state index >= 15 is 0 Å². The number of hydrogen-bond acceptors (Lipinski definition) is 4. The van der Waals surface area contributed by atoms with Gasteiger partial charge in [-0.1, -0.05) is 24.1 Å². The maximum Gasteiger partial charge on any atom is 0.247 e. The number of nitrogens with zero attached hydrogens (tertiary/aromatic N) is 1. The van der Waals surface area contributed by atoms with Gasteiger partial charge in [-0.2, -0.15) is 0 Å². The summed E-state index contributed by atoms with van der Waals surface area (Å²) in [5.74, 6) is 0.284. The maximum absolute atomic E-state index is 12.8. The highest BCUT2D eigenvalue weighted by molar-refractivity contribution is 5.87. The van der Waals surface area contributed by atoms with Gasteiger partial charge in [-0.05, 0) is 50.7 Å². The Morgan fingerprint density at radius 2 is 1.77 bits per heavy atom. The number of carbonyl (C=O) groups excluding carboxylic acids is 2. The Morgan fingerprint density at radius 1 is 1.12 bits per heavy atom. The van der Waals surface area contributed by atoms with Crippen LogP contribution in [0, 0.1) is 24.7 Å². The molecule has 6 nitrogen and oxygen atoms in total. The van der Waals surface area contributed by atoms with Crippen molar-refractivity contribution in [3.8, 4) is 5.75 Å². The third-order valence-corrected chi connectivity index (χ3v) is 5.71. The molecule has 1 aromatic carbocycles. The predicted molar refractivity (Wildman–Crippen MR) is 96.7 cm³/mol. The van der Waals surface area contributed by atoms with Crippen LogP contribution in [0.25, 0.3) is 0 Å². The van der Waals surface area contributed by atoms with E-state index in [1.165, 1.54) is 5.56 Å². The lowest BCUT2D eigenvalue weighted by Crippen LogP contribution is -2.45. The fraction of sp³-hybridized carbons (Fsp3) is 0.600. The zero-order valence-electron chi connectivity index (χ0n) is 15.3. The van der Waals surface area contributed by atoms with Gasteiger partial charge in [0.25, 0.3) is 0 Å². The number of nitrogens with one attached hydrogen (secondary N) is 1. The summed E-state index contributed by atoms with van der Waals surface area (Å²) in [5, 5.41) is 8.87. The highest BCUT2D eigenvalue weighted by Gasteiger charge is 2.40. The number of carbonyl (C=O) groups is 2. The van der Waals surface area contributed by atoms with Crippen LogP contribution in [-0.4, -0.2) is 41.6 Å². The molecule has 2 N–H and O–H groups in total. The van der Waals surface area contributed by atoms with Crippen molar-refractivity contribution in [2.24, 2.45) is 17.8 Å². The van der Waals surface area contributed by atoms with Crippen LogP contribution in [0.15, 0.2) is 24.3 Å². The van der Waals surface area contributed by atoms with Gasteiger partial charge in [0, 0.05) is 19.0 Å². The highest BCUT2D eigenvalue weighted by atomic mass is 16.5. The molecule has 1 aliphatic carbocycles. The van der Waals surface area contributed by atoms with Gasteiger partial charge in [-0.15, -0.1) is 0 Å². The summed E-state index contributed by atoms with van der Waals surface area (Å²) in [5.41, 5.74) is 2.92. The zero-order chi connectivity index (χ0) is 18.5. The van der Waals surface area contributed by atoms with Crippen molar-refractivity contribution in [2.45, 2.75) is 39.0 Å². The minimum absolute atomic E-state index is 0.0639. The molecule has 0 spiro atoms. The smallest absolute Gasteiger partial charge is 0.247 e. The molecule has 0 radical (unpaired) electrons. The minimum Gasteiger partial charge on any atom is -0.493 e. The standard InChI is InChI=1S/C20H28N2O4/c1-14-5-7-16(8-6-14)26-13-15-9-11-22(12-10-15)20(24)18-4-2-3-17(18)19(23)21-25/h5-8,15,17-18,25H,2-4,9-13H2,1H3,(H,21,23). The molecule has 2 aliphatic rings. The Hall–Kier alpha value is -2.08. The van der Waals surface area contributed by atoms with E-state index in [4.69, 9.17) is 9.94 Å². The molecule has 1 saturated heterocycles. The summed E-state index contributed by atoms with van der Waals surface area (Å²) >= 11 is 0. The normalized spacial score (nSPS) is 23.7. The van der Waals surface area contributed by atoms with E-state index in [1.807, 2.05) is 29.2 Å². The Bertz CT molecular complexity index is 623. The van der Waals surface area contributed by atoms with Crippen molar-refractivity contribution in [3.05, 3.63) is 29.8 Å². The van der Waals surface area contributed by atoms with Crippen molar-refractivity contribution in [1.82, 2.24) is 10.4 Å². The number of hydrogen-bond donors (Lipinski definition) is 2. The summed E-state index contributed by atoms with van der Waals surface area (Å²) in [6, 6.07) is 8.05. The first-order chi connectivity index (χ1) is 12.6. The van der Waals surface area contributed by atoms with E-state index in [1.54, 1.807) is 5.48 Å². The molecule has 2 amide bonds. The van der Waals surface area contributed by atoms with Gasteiger partial charge >= 0.3 is 0 Å². The van der Waals surface area contributed by atoms with E-state index in [9.17, 15) is 9.59 Å². The summed E-state index contributed by atoms with van der Waals surface area (Å²) in [6.45, 7) is 4.15. The van der Waals surface area contributed by atoms with Crippen LogP contribution in [0.3, 0.4) is 0 Å². The summed E-state index contributed by atoms with van der Waals surface area (Å²) in [6.07, 6.45) is 4.09. The van der Waals surface area contributed by atoms with E-state index in [-0.39, 0.29) is 11.8 Å². The Labute approximate surface area is 154 Å². The van der Waals surface area contributed by atoms with Crippen molar-refractivity contribution in [1.29, 1.82) is 0 Å². The van der Waals surface area contributed by atoms with Crippen LogP contribution in [-0.2, 0) is 9.59 Å². The second kappa shape index (κ2) is 8.54. The number of likely N-dealkylation sites (tertiary alicyclic amines) is 1. The molecule has 1 aromatic rings. The van der Waals surface area contributed by atoms with E-state index in [2.05, 4.69) is 6.92 Å². The number of ether oxygens (including phenoxy) is 1. The number of amides is 2. The molecule has 0 bridgehead atoms. The third-order valence-electron chi connectivity index (χ3n) is 5.71. The monoisotopic (exact) mass is 360 g/mol.